The Hall–Kier alpha value is -2.41. The van der Waals surface area contributed by atoms with E-state index in [4.69, 9.17) is 10.8 Å². The van der Waals surface area contributed by atoms with Crippen LogP contribution in [0.4, 0.5) is 11.6 Å². The Morgan fingerprint density at radius 2 is 2.11 bits per heavy atom. The van der Waals surface area contributed by atoms with Crippen molar-refractivity contribution in [2.24, 2.45) is 0 Å². The van der Waals surface area contributed by atoms with Gasteiger partial charge in [0.1, 0.15) is 0 Å². The number of rotatable bonds is 4. The standard InChI is InChI=1S/C11H13N5O2/c12-11-14-9(15-16-11)10(18)13-8-3-1-7(2-4-8)5-6-17/h1-4,17H,5-6H2,(H,13,18)(H3,12,14,15,16). The predicted molar refractivity (Wildman–Crippen MR) is 66.0 cm³/mol. The molecule has 0 saturated heterocycles. The van der Waals surface area contributed by atoms with E-state index in [1.807, 2.05) is 12.1 Å². The van der Waals surface area contributed by atoms with Crippen molar-refractivity contribution in [1.82, 2.24) is 15.2 Å². The molecule has 2 rings (SSSR count). The number of carbonyl (C=O) groups is 1. The SMILES string of the molecule is Nc1n[nH]c(C(=O)Nc2ccc(CCO)cc2)n1. The number of aromatic amines is 1. The molecule has 0 atom stereocenters. The number of nitrogens with one attached hydrogen (secondary N) is 2. The van der Waals surface area contributed by atoms with E-state index >= 15 is 0 Å². The molecule has 7 nitrogen and oxygen atoms in total. The van der Waals surface area contributed by atoms with Crippen molar-refractivity contribution < 1.29 is 9.90 Å². The van der Waals surface area contributed by atoms with Gasteiger partial charge in [-0.1, -0.05) is 12.1 Å². The van der Waals surface area contributed by atoms with Crippen LogP contribution in [0.3, 0.4) is 0 Å². The number of nitrogens with zero attached hydrogens (tertiary/aromatic N) is 2. The molecule has 1 aromatic heterocycles. The summed E-state index contributed by atoms with van der Waals surface area (Å²) in [5.41, 5.74) is 6.94. The molecule has 0 aliphatic carbocycles. The molecule has 1 heterocycles. The van der Waals surface area contributed by atoms with Crippen LogP contribution in [0.25, 0.3) is 0 Å². The molecule has 18 heavy (non-hydrogen) atoms. The first kappa shape index (κ1) is 12.1. The second-order valence-corrected chi connectivity index (χ2v) is 3.67. The van der Waals surface area contributed by atoms with E-state index in [-0.39, 0.29) is 18.4 Å². The lowest BCUT2D eigenvalue weighted by atomic mass is 10.1. The van der Waals surface area contributed by atoms with Gasteiger partial charge in [-0.05, 0) is 24.1 Å². The van der Waals surface area contributed by atoms with Crippen molar-refractivity contribution in [2.45, 2.75) is 6.42 Å². The Kier molecular flexibility index (Phi) is 3.54. The fraction of sp³-hybridized carbons (Fsp3) is 0.182. The first-order valence-corrected chi connectivity index (χ1v) is 5.38. The van der Waals surface area contributed by atoms with E-state index in [9.17, 15) is 4.79 Å². The number of benzene rings is 1. The molecule has 2 aromatic rings. The van der Waals surface area contributed by atoms with Crippen LogP contribution in [0, 0.1) is 0 Å². The summed E-state index contributed by atoms with van der Waals surface area (Å²) in [5.74, 6) is -0.320. The molecule has 94 valence electrons. The van der Waals surface area contributed by atoms with Crippen LogP contribution in [-0.4, -0.2) is 32.8 Å². The zero-order valence-corrected chi connectivity index (χ0v) is 9.55. The molecular formula is C11H13N5O2. The maximum Gasteiger partial charge on any atom is 0.293 e. The Labute approximate surface area is 103 Å². The van der Waals surface area contributed by atoms with Crippen LogP contribution in [0.15, 0.2) is 24.3 Å². The maximum atomic E-state index is 11.7. The molecule has 0 aliphatic heterocycles. The lowest BCUT2D eigenvalue weighted by Gasteiger charge is -2.04. The first-order valence-electron chi connectivity index (χ1n) is 5.38. The van der Waals surface area contributed by atoms with Crippen LogP contribution in [0.1, 0.15) is 16.2 Å². The van der Waals surface area contributed by atoms with E-state index in [2.05, 4.69) is 20.5 Å². The summed E-state index contributed by atoms with van der Waals surface area (Å²) in [5, 5.41) is 17.4. The first-order chi connectivity index (χ1) is 8.69. The summed E-state index contributed by atoms with van der Waals surface area (Å²) in [7, 11) is 0. The molecular weight excluding hydrogens is 234 g/mol. The van der Waals surface area contributed by atoms with Crippen LogP contribution in [-0.2, 0) is 6.42 Å². The van der Waals surface area contributed by atoms with Gasteiger partial charge in [-0.15, -0.1) is 5.10 Å². The number of aliphatic hydroxyl groups excluding tert-OH is 1. The Bertz CT molecular complexity index is 535. The molecule has 0 fully saturated rings. The number of nitrogen functional groups attached to an aromatic ring is 1. The average Bonchev–Trinajstić information content (AvgIpc) is 2.79. The second-order valence-electron chi connectivity index (χ2n) is 3.67. The number of hydrogen-bond donors (Lipinski definition) is 4. The Morgan fingerprint density at radius 3 is 2.67 bits per heavy atom. The quantitative estimate of drug-likeness (QED) is 0.614. The summed E-state index contributed by atoms with van der Waals surface area (Å²) >= 11 is 0. The Balaban J connectivity index is 2.03. The van der Waals surface area contributed by atoms with Gasteiger partial charge < -0.3 is 16.2 Å². The molecule has 1 amide bonds. The molecule has 5 N–H and O–H groups in total. The third-order valence-corrected chi connectivity index (χ3v) is 2.33. The van der Waals surface area contributed by atoms with Crippen molar-refractivity contribution in [2.75, 3.05) is 17.7 Å². The van der Waals surface area contributed by atoms with Crippen molar-refractivity contribution >= 4 is 17.5 Å². The lowest BCUT2D eigenvalue weighted by Crippen LogP contribution is -2.13. The van der Waals surface area contributed by atoms with E-state index < -0.39 is 5.91 Å². The lowest BCUT2D eigenvalue weighted by molar-refractivity contribution is 0.101. The smallest absolute Gasteiger partial charge is 0.293 e. The third-order valence-electron chi connectivity index (χ3n) is 2.33. The highest BCUT2D eigenvalue weighted by Gasteiger charge is 2.10. The van der Waals surface area contributed by atoms with Gasteiger partial charge in [0.05, 0.1) is 0 Å². The molecule has 0 bridgehead atoms. The van der Waals surface area contributed by atoms with E-state index in [0.29, 0.717) is 12.1 Å². The Morgan fingerprint density at radius 1 is 1.39 bits per heavy atom. The minimum atomic E-state index is -0.408. The highest BCUT2D eigenvalue weighted by Crippen LogP contribution is 2.10. The minimum absolute atomic E-state index is 0.0263. The molecule has 0 saturated carbocycles. The monoisotopic (exact) mass is 247 g/mol. The summed E-state index contributed by atoms with van der Waals surface area (Å²) in [6.45, 7) is 0.100. The molecule has 1 aromatic carbocycles. The van der Waals surface area contributed by atoms with E-state index in [1.54, 1.807) is 12.1 Å². The number of nitrogens with two attached hydrogens (primary N) is 1. The number of anilines is 2. The van der Waals surface area contributed by atoms with Crippen LogP contribution < -0.4 is 11.1 Å². The van der Waals surface area contributed by atoms with Crippen molar-refractivity contribution in [3.05, 3.63) is 35.7 Å². The maximum absolute atomic E-state index is 11.7. The van der Waals surface area contributed by atoms with Crippen LogP contribution >= 0.6 is 0 Å². The second kappa shape index (κ2) is 5.28. The van der Waals surface area contributed by atoms with Gasteiger partial charge in [0.25, 0.3) is 5.91 Å². The van der Waals surface area contributed by atoms with Crippen LogP contribution in [0.5, 0.6) is 0 Å². The molecule has 0 unspecified atom stereocenters. The minimum Gasteiger partial charge on any atom is -0.396 e. The number of H-pyrrole nitrogens is 1. The fourth-order valence-electron chi connectivity index (χ4n) is 1.45. The zero-order valence-electron chi connectivity index (χ0n) is 9.55. The summed E-state index contributed by atoms with van der Waals surface area (Å²) in [4.78, 5) is 15.4. The molecule has 0 radical (unpaired) electrons. The van der Waals surface area contributed by atoms with Gasteiger partial charge in [0.2, 0.25) is 11.8 Å². The van der Waals surface area contributed by atoms with E-state index in [0.717, 1.165) is 5.56 Å². The van der Waals surface area contributed by atoms with Gasteiger partial charge in [-0.2, -0.15) is 4.98 Å². The number of carbonyl (C=O) groups excluding carboxylic acids is 1. The fourth-order valence-corrected chi connectivity index (χ4v) is 1.45. The number of amides is 1. The number of hydrogen-bond acceptors (Lipinski definition) is 5. The third kappa shape index (κ3) is 2.83. The van der Waals surface area contributed by atoms with Crippen molar-refractivity contribution in [3.8, 4) is 0 Å². The molecule has 0 spiro atoms. The topological polar surface area (TPSA) is 117 Å². The number of aromatic nitrogens is 3. The van der Waals surface area contributed by atoms with Gasteiger partial charge in [0, 0.05) is 12.3 Å². The van der Waals surface area contributed by atoms with Crippen molar-refractivity contribution in [3.63, 3.8) is 0 Å². The van der Waals surface area contributed by atoms with Gasteiger partial charge in [-0.3, -0.25) is 9.89 Å². The summed E-state index contributed by atoms with van der Waals surface area (Å²) in [6.07, 6.45) is 0.590. The molecule has 7 heteroatoms. The zero-order chi connectivity index (χ0) is 13.0. The van der Waals surface area contributed by atoms with Gasteiger partial charge in [0.15, 0.2) is 0 Å². The average molecular weight is 247 g/mol. The number of aliphatic hydroxyl groups is 1. The predicted octanol–water partition coefficient (Wildman–Crippen LogP) is 0.174. The van der Waals surface area contributed by atoms with Gasteiger partial charge in [-0.25, -0.2) is 0 Å². The summed E-state index contributed by atoms with van der Waals surface area (Å²) in [6, 6.07) is 7.17. The normalized spacial score (nSPS) is 10.3. The molecule has 0 aliphatic rings. The van der Waals surface area contributed by atoms with Crippen molar-refractivity contribution in [1.29, 1.82) is 0 Å². The van der Waals surface area contributed by atoms with E-state index in [1.165, 1.54) is 0 Å². The highest BCUT2D eigenvalue weighted by molar-refractivity contribution is 6.01. The summed E-state index contributed by atoms with van der Waals surface area (Å²) < 4.78 is 0. The van der Waals surface area contributed by atoms with Crippen LogP contribution in [0.2, 0.25) is 0 Å². The largest absolute Gasteiger partial charge is 0.396 e. The highest BCUT2D eigenvalue weighted by atomic mass is 16.3. The van der Waals surface area contributed by atoms with Gasteiger partial charge >= 0.3 is 0 Å².